The van der Waals surface area contributed by atoms with Crippen LogP contribution >= 0.6 is 0 Å². The molecule has 0 radical (unpaired) electrons. The van der Waals surface area contributed by atoms with E-state index < -0.39 is 5.97 Å². The molecule has 1 atom stereocenters. The SMILES string of the molecule is CC(=O)N1CCC(C(=O)NCCCC(C)C(=O)O)CC1. The number of nitrogens with zero attached hydrogens (tertiary/aromatic N) is 1. The summed E-state index contributed by atoms with van der Waals surface area (Å²) in [5, 5.41) is 11.6. The number of amides is 2. The number of hydrogen-bond donors (Lipinski definition) is 2. The fourth-order valence-electron chi connectivity index (χ4n) is 2.34. The highest BCUT2D eigenvalue weighted by molar-refractivity contribution is 5.79. The molecule has 1 aliphatic rings. The zero-order valence-corrected chi connectivity index (χ0v) is 12.2. The van der Waals surface area contributed by atoms with Gasteiger partial charge in [-0.2, -0.15) is 0 Å². The van der Waals surface area contributed by atoms with Gasteiger partial charge in [-0.1, -0.05) is 6.92 Å². The van der Waals surface area contributed by atoms with Gasteiger partial charge in [0.05, 0.1) is 5.92 Å². The Hall–Kier alpha value is -1.59. The number of carboxylic acids is 1. The molecule has 2 N–H and O–H groups in total. The van der Waals surface area contributed by atoms with Crippen molar-refractivity contribution in [2.75, 3.05) is 19.6 Å². The topological polar surface area (TPSA) is 86.7 Å². The van der Waals surface area contributed by atoms with Gasteiger partial charge in [0.15, 0.2) is 0 Å². The zero-order valence-electron chi connectivity index (χ0n) is 12.2. The number of piperidine rings is 1. The van der Waals surface area contributed by atoms with Crippen molar-refractivity contribution in [2.45, 2.75) is 39.5 Å². The maximum atomic E-state index is 11.9. The average Bonchev–Trinajstić information content (AvgIpc) is 2.43. The minimum atomic E-state index is -0.798. The summed E-state index contributed by atoms with van der Waals surface area (Å²) in [6.07, 6.45) is 2.65. The first-order valence-electron chi connectivity index (χ1n) is 7.18. The Bertz CT molecular complexity index is 362. The fraction of sp³-hybridized carbons (Fsp3) is 0.786. The van der Waals surface area contributed by atoms with Crippen LogP contribution in [0.3, 0.4) is 0 Å². The summed E-state index contributed by atoms with van der Waals surface area (Å²) >= 11 is 0. The molecule has 2 amide bonds. The minimum Gasteiger partial charge on any atom is -0.481 e. The van der Waals surface area contributed by atoms with Crippen LogP contribution in [0.15, 0.2) is 0 Å². The summed E-state index contributed by atoms with van der Waals surface area (Å²) < 4.78 is 0. The van der Waals surface area contributed by atoms with E-state index in [0.29, 0.717) is 45.3 Å². The predicted octanol–water partition coefficient (Wildman–Crippen LogP) is 0.862. The van der Waals surface area contributed by atoms with Gasteiger partial charge in [0.1, 0.15) is 0 Å². The van der Waals surface area contributed by atoms with Crippen molar-refractivity contribution >= 4 is 17.8 Å². The molecule has 6 nitrogen and oxygen atoms in total. The van der Waals surface area contributed by atoms with E-state index in [1.54, 1.807) is 18.7 Å². The van der Waals surface area contributed by atoms with Crippen molar-refractivity contribution in [3.8, 4) is 0 Å². The molecular formula is C14H24N2O4. The molecule has 1 saturated heterocycles. The highest BCUT2D eigenvalue weighted by atomic mass is 16.4. The van der Waals surface area contributed by atoms with Crippen molar-refractivity contribution in [3.63, 3.8) is 0 Å². The van der Waals surface area contributed by atoms with Crippen LogP contribution in [0.5, 0.6) is 0 Å². The van der Waals surface area contributed by atoms with Gasteiger partial charge in [0.25, 0.3) is 0 Å². The van der Waals surface area contributed by atoms with Crippen molar-refractivity contribution < 1.29 is 19.5 Å². The van der Waals surface area contributed by atoms with E-state index in [-0.39, 0.29) is 23.7 Å². The van der Waals surface area contributed by atoms with E-state index in [2.05, 4.69) is 5.32 Å². The van der Waals surface area contributed by atoms with E-state index in [4.69, 9.17) is 5.11 Å². The standard InChI is InChI=1S/C14H24N2O4/c1-10(14(19)20)4-3-7-15-13(18)12-5-8-16(9-6-12)11(2)17/h10,12H,3-9H2,1-2H3,(H,15,18)(H,19,20). The molecule has 20 heavy (non-hydrogen) atoms. The van der Waals surface area contributed by atoms with Crippen molar-refractivity contribution in [2.24, 2.45) is 11.8 Å². The Balaban J connectivity index is 2.18. The lowest BCUT2D eigenvalue weighted by Gasteiger charge is -2.30. The molecule has 114 valence electrons. The van der Waals surface area contributed by atoms with Crippen LogP contribution in [0, 0.1) is 11.8 Å². The summed E-state index contributed by atoms with van der Waals surface area (Å²) in [6.45, 7) is 5.02. The van der Waals surface area contributed by atoms with E-state index in [0.717, 1.165) is 0 Å². The normalized spacial score (nSPS) is 17.6. The van der Waals surface area contributed by atoms with Crippen LogP contribution in [-0.2, 0) is 14.4 Å². The fourth-order valence-corrected chi connectivity index (χ4v) is 2.34. The largest absolute Gasteiger partial charge is 0.481 e. The molecule has 0 saturated carbocycles. The number of rotatable bonds is 6. The van der Waals surface area contributed by atoms with E-state index >= 15 is 0 Å². The van der Waals surface area contributed by atoms with Gasteiger partial charge in [0, 0.05) is 32.5 Å². The monoisotopic (exact) mass is 284 g/mol. The summed E-state index contributed by atoms with van der Waals surface area (Å²) in [5.41, 5.74) is 0. The first-order valence-corrected chi connectivity index (χ1v) is 7.18. The third kappa shape index (κ3) is 5.19. The number of hydrogen-bond acceptors (Lipinski definition) is 3. The van der Waals surface area contributed by atoms with Crippen molar-refractivity contribution in [1.82, 2.24) is 10.2 Å². The van der Waals surface area contributed by atoms with Crippen LogP contribution in [0.2, 0.25) is 0 Å². The lowest BCUT2D eigenvalue weighted by atomic mass is 9.96. The number of likely N-dealkylation sites (tertiary alicyclic amines) is 1. The molecule has 1 fully saturated rings. The number of carbonyl (C=O) groups excluding carboxylic acids is 2. The van der Waals surface area contributed by atoms with Gasteiger partial charge >= 0.3 is 5.97 Å². The van der Waals surface area contributed by atoms with E-state index in [1.807, 2.05) is 0 Å². The van der Waals surface area contributed by atoms with E-state index in [9.17, 15) is 14.4 Å². The highest BCUT2D eigenvalue weighted by Crippen LogP contribution is 2.17. The van der Waals surface area contributed by atoms with Crippen LogP contribution in [0.1, 0.15) is 39.5 Å². The number of aliphatic carboxylic acids is 1. The Morgan fingerprint density at radius 2 is 1.90 bits per heavy atom. The number of carbonyl (C=O) groups is 3. The van der Waals surface area contributed by atoms with Crippen molar-refractivity contribution in [3.05, 3.63) is 0 Å². The number of carboxylic acid groups (broad SMARTS) is 1. The second-order valence-corrected chi connectivity index (χ2v) is 5.45. The Morgan fingerprint density at radius 1 is 1.30 bits per heavy atom. The molecule has 0 aromatic rings. The predicted molar refractivity (Wildman–Crippen MR) is 74.0 cm³/mol. The second-order valence-electron chi connectivity index (χ2n) is 5.45. The maximum Gasteiger partial charge on any atom is 0.306 e. The molecule has 0 bridgehead atoms. The average molecular weight is 284 g/mol. The Labute approximate surface area is 119 Å². The first-order chi connectivity index (χ1) is 9.41. The summed E-state index contributed by atoms with van der Waals surface area (Å²) in [4.78, 5) is 35.5. The first kappa shape index (κ1) is 16.5. The van der Waals surface area contributed by atoms with Gasteiger partial charge in [-0.05, 0) is 25.7 Å². The molecule has 0 aromatic carbocycles. The lowest BCUT2D eigenvalue weighted by molar-refractivity contribution is -0.141. The third-order valence-corrected chi connectivity index (χ3v) is 3.85. The molecule has 0 aliphatic carbocycles. The van der Waals surface area contributed by atoms with Crippen LogP contribution < -0.4 is 5.32 Å². The van der Waals surface area contributed by atoms with Gasteiger partial charge in [-0.3, -0.25) is 14.4 Å². The quantitative estimate of drug-likeness (QED) is 0.708. The molecule has 1 rings (SSSR count). The lowest BCUT2D eigenvalue weighted by Crippen LogP contribution is -2.42. The molecule has 0 spiro atoms. The zero-order chi connectivity index (χ0) is 15.1. The molecular weight excluding hydrogens is 260 g/mol. The van der Waals surface area contributed by atoms with Gasteiger partial charge in [-0.15, -0.1) is 0 Å². The van der Waals surface area contributed by atoms with Crippen LogP contribution in [0.25, 0.3) is 0 Å². The summed E-state index contributed by atoms with van der Waals surface area (Å²) in [5.74, 6) is -1.11. The van der Waals surface area contributed by atoms with Crippen LogP contribution in [-0.4, -0.2) is 47.4 Å². The molecule has 0 aromatic heterocycles. The summed E-state index contributed by atoms with van der Waals surface area (Å²) in [7, 11) is 0. The number of nitrogens with one attached hydrogen (secondary N) is 1. The smallest absolute Gasteiger partial charge is 0.306 e. The molecule has 6 heteroatoms. The Morgan fingerprint density at radius 3 is 2.40 bits per heavy atom. The molecule has 1 unspecified atom stereocenters. The summed E-state index contributed by atoms with van der Waals surface area (Å²) in [6, 6.07) is 0. The highest BCUT2D eigenvalue weighted by Gasteiger charge is 2.25. The Kier molecular flexibility index (Phi) is 6.48. The van der Waals surface area contributed by atoms with Gasteiger partial charge in [-0.25, -0.2) is 0 Å². The van der Waals surface area contributed by atoms with Crippen molar-refractivity contribution in [1.29, 1.82) is 0 Å². The third-order valence-electron chi connectivity index (χ3n) is 3.85. The molecule has 1 heterocycles. The minimum absolute atomic E-state index is 0.0242. The van der Waals surface area contributed by atoms with E-state index in [1.165, 1.54) is 0 Å². The van der Waals surface area contributed by atoms with Crippen LogP contribution in [0.4, 0.5) is 0 Å². The second kappa shape index (κ2) is 7.87. The molecule has 1 aliphatic heterocycles. The maximum absolute atomic E-state index is 11.9. The van der Waals surface area contributed by atoms with Gasteiger partial charge in [0.2, 0.25) is 11.8 Å². The van der Waals surface area contributed by atoms with Gasteiger partial charge < -0.3 is 15.3 Å².